The number of carbonyl (C=O) groups is 3. The molecule has 0 atom stereocenters. The topological polar surface area (TPSA) is 87.3 Å². The van der Waals surface area contributed by atoms with E-state index < -0.39 is 0 Å². The van der Waals surface area contributed by atoms with Gasteiger partial charge in [-0.15, -0.1) is 0 Å². The summed E-state index contributed by atoms with van der Waals surface area (Å²) in [6, 6.07) is 21.4. The van der Waals surface area contributed by atoms with Crippen molar-refractivity contribution in [3.8, 4) is 0 Å². The summed E-state index contributed by atoms with van der Waals surface area (Å²) in [7, 11) is 0. The van der Waals surface area contributed by atoms with Gasteiger partial charge in [-0.05, 0) is 42.8 Å². The van der Waals surface area contributed by atoms with Crippen molar-refractivity contribution in [3.05, 3.63) is 95.1 Å². The number of para-hydroxylation sites is 1. The highest BCUT2D eigenvalue weighted by atomic mass is 16.2. The second-order valence-electron chi connectivity index (χ2n) is 7.15. The molecule has 31 heavy (non-hydrogen) atoms. The van der Waals surface area contributed by atoms with Gasteiger partial charge in [-0.1, -0.05) is 55.0 Å². The minimum absolute atomic E-state index is 0.131. The van der Waals surface area contributed by atoms with E-state index in [1.165, 1.54) is 0 Å². The second-order valence-corrected chi connectivity index (χ2v) is 7.15. The van der Waals surface area contributed by atoms with Gasteiger partial charge < -0.3 is 16.0 Å². The minimum Gasteiger partial charge on any atom is -0.348 e. The summed E-state index contributed by atoms with van der Waals surface area (Å²) in [5, 5.41) is 8.42. The Morgan fingerprint density at radius 2 is 1.55 bits per heavy atom. The minimum atomic E-state index is -0.369. The summed E-state index contributed by atoms with van der Waals surface area (Å²) in [6.45, 7) is 4.15. The second kappa shape index (κ2) is 10.2. The maximum atomic E-state index is 12.8. The Hall–Kier alpha value is -3.93. The molecule has 0 saturated carbocycles. The average molecular weight is 415 g/mol. The van der Waals surface area contributed by atoms with Gasteiger partial charge in [-0.25, -0.2) is 0 Å². The van der Waals surface area contributed by atoms with Gasteiger partial charge in [0.2, 0.25) is 5.91 Å². The zero-order valence-corrected chi connectivity index (χ0v) is 17.6. The molecular formula is C25H25N3O3. The summed E-state index contributed by atoms with van der Waals surface area (Å²) >= 11 is 0. The standard InChI is InChI=1S/C25H25N3O3/c1-3-23(29)27-20-8-6-7-19(15-20)24(30)28-22-10-5-4-9-21(22)25(31)26-16-18-13-11-17(2)12-14-18/h4-15H,3,16H2,1-2H3,(H,26,31)(H,27,29)(H,28,30). The third-order valence-electron chi connectivity index (χ3n) is 4.72. The number of aryl methyl sites for hydroxylation is 1. The van der Waals surface area contributed by atoms with Crippen LogP contribution in [0.25, 0.3) is 0 Å². The Kier molecular flexibility index (Phi) is 7.17. The zero-order chi connectivity index (χ0) is 22.2. The molecule has 3 aromatic rings. The lowest BCUT2D eigenvalue weighted by Gasteiger charge is -2.12. The van der Waals surface area contributed by atoms with Crippen LogP contribution in [0.3, 0.4) is 0 Å². The Labute approximate surface area is 181 Å². The molecule has 0 heterocycles. The zero-order valence-electron chi connectivity index (χ0n) is 17.6. The van der Waals surface area contributed by atoms with Gasteiger partial charge in [0.15, 0.2) is 0 Å². The van der Waals surface area contributed by atoms with Gasteiger partial charge in [0.1, 0.15) is 0 Å². The maximum absolute atomic E-state index is 12.8. The molecule has 3 N–H and O–H groups in total. The molecule has 3 rings (SSSR count). The summed E-state index contributed by atoms with van der Waals surface area (Å²) in [5.74, 6) is -0.778. The van der Waals surface area contributed by atoms with Crippen molar-refractivity contribution in [2.45, 2.75) is 26.8 Å². The first kappa shape index (κ1) is 21.8. The van der Waals surface area contributed by atoms with Crippen molar-refractivity contribution < 1.29 is 14.4 Å². The molecule has 0 aliphatic heterocycles. The summed E-state index contributed by atoms with van der Waals surface area (Å²) in [5.41, 5.74) is 3.86. The lowest BCUT2D eigenvalue weighted by atomic mass is 10.1. The van der Waals surface area contributed by atoms with Crippen molar-refractivity contribution >= 4 is 29.1 Å². The largest absolute Gasteiger partial charge is 0.348 e. The van der Waals surface area contributed by atoms with Gasteiger partial charge in [0.25, 0.3) is 11.8 Å². The van der Waals surface area contributed by atoms with Gasteiger partial charge >= 0.3 is 0 Å². The third-order valence-corrected chi connectivity index (χ3v) is 4.72. The maximum Gasteiger partial charge on any atom is 0.255 e. The van der Waals surface area contributed by atoms with Crippen LogP contribution in [0.15, 0.2) is 72.8 Å². The van der Waals surface area contributed by atoms with Gasteiger partial charge in [0, 0.05) is 24.2 Å². The Bertz CT molecular complexity index is 1090. The smallest absolute Gasteiger partial charge is 0.255 e. The fourth-order valence-electron chi connectivity index (χ4n) is 2.96. The number of benzene rings is 3. The van der Waals surface area contributed by atoms with Crippen LogP contribution in [0.2, 0.25) is 0 Å². The highest BCUT2D eigenvalue weighted by molar-refractivity contribution is 6.09. The number of hydrogen-bond donors (Lipinski definition) is 3. The van der Waals surface area contributed by atoms with Crippen molar-refractivity contribution in [3.63, 3.8) is 0 Å². The van der Waals surface area contributed by atoms with Crippen molar-refractivity contribution in [2.24, 2.45) is 0 Å². The molecular weight excluding hydrogens is 390 g/mol. The van der Waals surface area contributed by atoms with Crippen LogP contribution in [0.4, 0.5) is 11.4 Å². The number of carbonyl (C=O) groups excluding carboxylic acids is 3. The Balaban J connectivity index is 1.70. The summed E-state index contributed by atoms with van der Waals surface area (Å²) in [6.07, 6.45) is 0.349. The molecule has 0 radical (unpaired) electrons. The Morgan fingerprint density at radius 3 is 2.29 bits per heavy atom. The fourth-order valence-corrected chi connectivity index (χ4v) is 2.96. The molecule has 6 nitrogen and oxygen atoms in total. The quantitative estimate of drug-likeness (QED) is 0.530. The van der Waals surface area contributed by atoms with Crippen LogP contribution >= 0.6 is 0 Å². The monoisotopic (exact) mass is 415 g/mol. The van der Waals surface area contributed by atoms with Crippen molar-refractivity contribution in [1.29, 1.82) is 0 Å². The number of hydrogen-bond acceptors (Lipinski definition) is 3. The van der Waals surface area contributed by atoms with E-state index in [0.717, 1.165) is 11.1 Å². The first-order valence-corrected chi connectivity index (χ1v) is 10.1. The highest BCUT2D eigenvalue weighted by Gasteiger charge is 2.14. The van der Waals surface area contributed by atoms with E-state index in [9.17, 15) is 14.4 Å². The number of anilines is 2. The van der Waals surface area contributed by atoms with E-state index in [-0.39, 0.29) is 17.7 Å². The number of rotatable bonds is 7. The van der Waals surface area contributed by atoms with Crippen LogP contribution in [0, 0.1) is 6.92 Å². The van der Waals surface area contributed by atoms with Gasteiger partial charge in [0.05, 0.1) is 11.3 Å². The lowest BCUT2D eigenvalue weighted by Crippen LogP contribution is -2.25. The first-order chi connectivity index (χ1) is 15.0. The summed E-state index contributed by atoms with van der Waals surface area (Å²) < 4.78 is 0. The molecule has 0 aliphatic rings. The van der Waals surface area contributed by atoms with Crippen LogP contribution in [0.5, 0.6) is 0 Å². The van der Waals surface area contributed by atoms with E-state index >= 15 is 0 Å². The van der Waals surface area contributed by atoms with E-state index in [0.29, 0.717) is 35.5 Å². The normalized spacial score (nSPS) is 10.3. The molecule has 0 aromatic heterocycles. The van der Waals surface area contributed by atoms with E-state index in [4.69, 9.17) is 0 Å². The van der Waals surface area contributed by atoms with E-state index in [2.05, 4.69) is 16.0 Å². The molecule has 0 bridgehead atoms. The fraction of sp³-hybridized carbons (Fsp3) is 0.160. The molecule has 6 heteroatoms. The van der Waals surface area contributed by atoms with Crippen LogP contribution in [-0.2, 0) is 11.3 Å². The van der Waals surface area contributed by atoms with E-state index in [1.807, 2.05) is 31.2 Å². The molecule has 0 spiro atoms. The molecule has 158 valence electrons. The predicted molar refractivity (Wildman–Crippen MR) is 122 cm³/mol. The molecule has 0 fully saturated rings. The molecule has 3 aromatic carbocycles. The lowest BCUT2D eigenvalue weighted by molar-refractivity contribution is -0.115. The predicted octanol–water partition coefficient (Wildman–Crippen LogP) is 4.53. The van der Waals surface area contributed by atoms with Gasteiger partial charge in [-0.2, -0.15) is 0 Å². The molecule has 3 amide bonds. The summed E-state index contributed by atoms with van der Waals surface area (Å²) in [4.78, 5) is 37.1. The SMILES string of the molecule is CCC(=O)Nc1cccc(C(=O)Nc2ccccc2C(=O)NCc2ccc(C)cc2)c1. The van der Waals surface area contributed by atoms with Crippen LogP contribution in [-0.4, -0.2) is 17.7 Å². The van der Waals surface area contributed by atoms with Crippen molar-refractivity contribution in [1.82, 2.24) is 5.32 Å². The van der Waals surface area contributed by atoms with Crippen LogP contribution in [0.1, 0.15) is 45.2 Å². The molecule has 0 saturated heterocycles. The third kappa shape index (κ3) is 6.02. The van der Waals surface area contributed by atoms with E-state index in [1.54, 1.807) is 55.5 Å². The average Bonchev–Trinajstić information content (AvgIpc) is 2.79. The van der Waals surface area contributed by atoms with Gasteiger partial charge in [-0.3, -0.25) is 14.4 Å². The number of nitrogens with one attached hydrogen (secondary N) is 3. The number of amides is 3. The molecule has 0 aliphatic carbocycles. The first-order valence-electron chi connectivity index (χ1n) is 10.1. The Morgan fingerprint density at radius 1 is 0.806 bits per heavy atom. The molecule has 0 unspecified atom stereocenters. The highest BCUT2D eigenvalue weighted by Crippen LogP contribution is 2.18. The van der Waals surface area contributed by atoms with Crippen LogP contribution < -0.4 is 16.0 Å². The van der Waals surface area contributed by atoms with Crippen molar-refractivity contribution in [2.75, 3.05) is 10.6 Å².